The molecule has 10 rings (SSSR count). The Hall–Kier alpha value is -6.59. The summed E-state index contributed by atoms with van der Waals surface area (Å²) in [4.78, 5) is 50.8. The molecule has 0 amide bonds. The maximum Gasteiger partial charge on any atom is 0.414 e. The van der Waals surface area contributed by atoms with Crippen molar-refractivity contribution < 1.29 is 101 Å². The number of aryl methyl sites for hydroxylation is 1. The summed E-state index contributed by atoms with van der Waals surface area (Å²) < 4.78 is 63.0. The number of ether oxygens (including phenoxy) is 6. The highest BCUT2D eigenvalue weighted by atomic mass is 32.2. The molecule has 0 aromatic heterocycles. The quantitative estimate of drug-likeness (QED) is 0.0371. The van der Waals surface area contributed by atoms with Crippen molar-refractivity contribution in [3.8, 4) is 0 Å². The van der Waals surface area contributed by atoms with E-state index in [-0.39, 0.29) is 94.7 Å². The molecule has 0 saturated carbocycles. The van der Waals surface area contributed by atoms with E-state index in [2.05, 4.69) is 153 Å². The van der Waals surface area contributed by atoms with E-state index in [0.29, 0.717) is 39.6 Å². The number of carbonyl (C=O) groups excluding carboxylic acids is 3. The molecule has 3 heterocycles. The topological polar surface area (TPSA) is 337 Å². The minimum atomic E-state index is -4.02. The van der Waals surface area contributed by atoms with E-state index in [0.717, 1.165) is 62.5 Å². The lowest BCUT2D eigenvalue weighted by atomic mass is 9.71. The fraction of sp³-hybridized carbons (Fsp3) is 0.598. The molecule has 1 aromatic rings. The van der Waals surface area contributed by atoms with Crippen molar-refractivity contribution in [1.82, 2.24) is 0 Å². The van der Waals surface area contributed by atoms with E-state index >= 15 is 0 Å². The van der Waals surface area contributed by atoms with Crippen molar-refractivity contribution in [2.24, 2.45) is 32.5 Å². The van der Waals surface area contributed by atoms with Crippen molar-refractivity contribution >= 4 is 59.6 Å². The molecule has 9 aliphatic rings. The first-order chi connectivity index (χ1) is 55.3. The Morgan fingerprint density at radius 3 is 1.07 bits per heavy atom. The minimum Gasteiger partial charge on any atom is -0.473 e. The van der Waals surface area contributed by atoms with Gasteiger partial charge in [-0.05, 0) is 304 Å². The van der Waals surface area contributed by atoms with Gasteiger partial charge >= 0.3 is 11.9 Å². The second kappa shape index (κ2) is 52.4. The van der Waals surface area contributed by atoms with Crippen LogP contribution in [0.1, 0.15) is 242 Å². The molecule has 0 unspecified atom stereocenters. The molecule has 0 spiro atoms. The zero-order valence-corrected chi connectivity index (χ0v) is 79.6. The molecule has 3 saturated heterocycles. The van der Waals surface area contributed by atoms with Crippen LogP contribution < -0.4 is 0 Å². The Balaban J connectivity index is 0.00000136. The van der Waals surface area contributed by atoms with Gasteiger partial charge in [0.15, 0.2) is 34.7 Å². The smallest absolute Gasteiger partial charge is 0.414 e. The first-order valence-corrected chi connectivity index (χ1v) is 44.5. The zero-order valence-electron chi connectivity index (χ0n) is 78.0. The van der Waals surface area contributed by atoms with Gasteiger partial charge in [-0.15, -0.1) is 0 Å². The number of carboxylic acids is 2. The second-order valence-electron chi connectivity index (χ2n) is 36.1. The molecule has 3 atom stereocenters. The molecule has 6 aliphatic carbocycles. The maximum absolute atomic E-state index is 10.9. The summed E-state index contributed by atoms with van der Waals surface area (Å²) in [6, 6.07) is 5.99. The minimum absolute atomic E-state index is 0. The van der Waals surface area contributed by atoms with Crippen LogP contribution in [0.2, 0.25) is 0 Å². The summed E-state index contributed by atoms with van der Waals surface area (Å²) in [7, 11) is -4.02. The number of carboxylic acid groups (broad SMARTS) is 2. The van der Waals surface area contributed by atoms with Gasteiger partial charge in [-0.2, -0.15) is 20.2 Å². The van der Waals surface area contributed by atoms with Crippen LogP contribution in [0.4, 0.5) is 0 Å². The normalized spacial score (nSPS) is 23.0. The number of thioether (sulfide) groups is 1. The fourth-order valence-electron chi connectivity index (χ4n) is 15.4. The predicted octanol–water partition coefficient (Wildman–Crippen LogP) is 18.9. The summed E-state index contributed by atoms with van der Waals surface area (Å²) in [5.41, 5.74) is 16.9. The van der Waals surface area contributed by atoms with Gasteiger partial charge in [0.2, 0.25) is 0 Å². The number of aliphatic hydroxyl groups is 5. The standard InChI is InChI=1S/2C15H24O3.C15H22O2.C13H20O2.C13H20O.C13H18O.C7H8O3S.C2H2O4.C2H6O2.C2H6S.B/c1-11-12(14(2,3)7-6-13(11)16)5-8-15(4)17-9-10-18-15;1-11-9-12(16)10-14(2,3)13(11)5-6-15(4)17-7-8-18-15;1-12-6-5-8-14(2,3)13(12)7-9-15(4)16-10-11-17-15;1-9-7-11(15)8-13(3,4)12(9)6-5-10(2)14;2*1-10-6-5-9-13(3,4)12(10)8-7-11(2)14;1-6-2-4-7(5-3-6)11(8,9)10;3-1(4)2(5)6;3-1-2-4;1-3-2;/h5,8,13,16H,6-7,9-10H2,1-4H3;5-6,12,16H,7-10H2,1-4H3;5-7,9H,8,10-11H2,1-4H3;5-6,11,15H,7-8H2,1-4H3;7-8H,5-6,9H2,1-4H3;5-8H,9H2,1-4H3;2-5H,1H3,(H,8,9,10);(H,3,4)(H,5,6);3-4H,1-2H2;1-2H3;/b8-5+;6-5+;9-7+;6-5+;2*8-7+;;;;;/t13-;12-;;11-;;;;;;;/m01.1......./s1. The van der Waals surface area contributed by atoms with E-state index in [9.17, 15) is 38.1 Å². The fourth-order valence-corrected chi connectivity index (χ4v) is 15.9. The Bertz CT molecular complexity index is 4080. The largest absolute Gasteiger partial charge is 0.473 e. The summed E-state index contributed by atoms with van der Waals surface area (Å²) >= 11 is 1.75. The van der Waals surface area contributed by atoms with Crippen LogP contribution in [-0.4, -0.2) is 187 Å². The zero-order chi connectivity index (χ0) is 92.2. The maximum atomic E-state index is 10.9. The van der Waals surface area contributed by atoms with Crippen LogP contribution in [0.3, 0.4) is 0 Å². The summed E-state index contributed by atoms with van der Waals surface area (Å²) in [5, 5.41) is 59.6. The molecule has 679 valence electrons. The molecule has 3 fully saturated rings. The number of ketones is 3. The average molecular weight is 1730 g/mol. The molecule has 3 aliphatic heterocycles. The molecule has 24 heteroatoms. The molecular formula is C97H150BO21S2. The van der Waals surface area contributed by atoms with Crippen molar-refractivity contribution in [3.05, 3.63) is 194 Å². The Kier molecular flexibility index (Phi) is 49.5. The molecule has 21 nitrogen and oxygen atoms in total. The van der Waals surface area contributed by atoms with Gasteiger partial charge in [0.05, 0.1) is 76.1 Å². The highest BCUT2D eigenvalue weighted by Crippen LogP contribution is 2.46. The van der Waals surface area contributed by atoms with Crippen molar-refractivity contribution in [2.45, 2.75) is 284 Å². The lowest BCUT2D eigenvalue weighted by Gasteiger charge is -2.36. The lowest BCUT2D eigenvalue weighted by Crippen LogP contribution is -2.29. The van der Waals surface area contributed by atoms with Crippen LogP contribution in [0.15, 0.2) is 193 Å². The molecule has 121 heavy (non-hydrogen) atoms. The number of aliphatic hydroxyl groups excluding tert-OH is 5. The monoisotopic (exact) mass is 1730 g/mol. The third-order valence-corrected chi connectivity index (χ3v) is 22.7. The Labute approximate surface area is 732 Å². The van der Waals surface area contributed by atoms with Gasteiger partial charge in [0, 0.05) is 8.41 Å². The summed E-state index contributed by atoms with van der Waals surface area (Å²) in [6.45, 7) is 55.2. The van der Waals surface area contributed by atoms with Crippen molar-refractivity contribution in [2.75, 3.05) is 65.4 Å². The lowest BCUT2D eigenvalue weighted by molar-refractivity contribution is -0.159. The van der Waals surface area contributed by atoms with Crippen LogP contribution >= 0.6 is 11.8 Å². The van der Waals surface area contributed by atoms with E-state index in [4.69, 9.17) is 63.0 Å². The van der Waals surface area contributed by atoms with E-state index in [1.54, 1.807) is 62.9 Å². The number of carbonyl (C=O) groups is 5. The van der Waals surface area contributed by atoms with Crippen LogP contribution in [0.25, 0.3) is 0 Å². The predicted molar refractivity (Wildman–Crippen MR) is 489 cm³/mol. The number of hydrogen-bond donors (Lipinski definition) is 8. The Morgan fingerprint density at radius 2 is 0.760 bits per heavy atom. The molecule has 1 aromatic carbocycles. The van der Waals surface area contributed by atoms with Gasteiger partial charge in [-0.3, -0.25) is 18.9 Å². The van der Waals surface area contributed by atoms with E-state index < -0.39 is 39.4 Å². The second-order valence-corrected chi connectivity index (χ2v) is 38.4. The number of allylic oxidation sites excluding steroid dienone is 22. The molecule has 0 bridgehead atoms. The first kappa shape index (κ1) is 114. The summed E-state index contributed by atoms with van der Waals surface area (Å²) in [5.74, 6) is -5.07. The Morgan fingerprint density at radius 1 is 0.455 bits per heavy atom. The SMILES string of the molecule is CC(=O)/C=C/C1=C(C)C=CCC1(C)C.CC(=O)/C=C/C1=C(C)CCCC1(C)C.CC(=O)/C=C/C1=C(C)C[C@@H](O)CC1(C)C.CC1=C(/C=C/C2(C)OCCO2)C(C)(C)CC=C1.CC1=C(/C=C/C2(C)OCCO2)C(C)(C)CC[C@@H]1O.CC1=C(/C=C/C2(C)OCCO2)C(C)(C)C[C@H](O)C1.CSC.Cc1ccc(S(=O)(=O)O)cc1.O=C(O)C(=O)O.OCCO.[B]. The van der Waals surface area contributed by atoms with Gasteiger partial charge in [-0.1, -0.05) is 178 Å². The van der Waals surface area contributed by atoms with E-state index in [1.807, 2.05) is 90.5 Å². The van der Waals surface area contributed by atoms with Crippen LogP contribution in [-0.2, 0) is 62.5 Å². The van der Waals surface area contributed by atoms with Gasteiger partial charge in [0.1, 0.15) is 0 Å². The van der Waals surface area contributed by atoms with Crippen molar-refractivity contribution in [1.29, 1.82) is 0 Å². The molecular weight excluding hydrogens is 1580 g/mol. The van der Waals surface area contributed by atoms with Gasteiger partial charge in [-0.25, -0.2) is 9.59 Å². The number of rotatable bonds is 14. The van der Waals surface area contributed by atoms with Gasteiger partial charge in [0.25, 0.3) is 10.1 Å². The number of aliphatic carboxylic acids is 2. The first-order valence-electron chi connectivity index (χ1n) is 41.5. The van der Waals surface area contributed by atoms with Crippen LogP contribution in [0.5, 0.6) is 0 Å². The third-order valence-electron chi connectivity index (χ3n) is 21.8. The van der Waals surface area contributed by atoms with Crippen LogP contribution in [0, 0.1) is 39.4 Å². The number of hydrogen-bond acceptors (Lipinski definition) is 19. The molecule has 8 N–H and O–H groups in total. The highest BCUT2D eigenvalue weighted by molar-refractivity contribution is 7.97. The van der Waals surface area contributed by atoms with E-state index in [1.165, 1.54) is 92.7 Å². The average Bonchev–Trinajstić information content (AvgIpc) is 1.63. The molecule has 3 radical (unpaired) electrons. The third kappa shape index (κ3) is 41.8. The highest BCUT2D eigenvalue weighted by Gasteiger charge is 2.37. The van der Waals surface area contributed by atoms with Gasteiger partial charge < -0.3 is 64.2 Å². The summed E-state index contributed by atoms with van der Waals surface area (Å²) in [6.07, 6.45) is 46.0. The number of benzene rings is 1. The van der Waals surface area contributed by atoms with Crippen molar-refractivity contribution in [3.63, 3.8) is 0 Å².